The highest BCUT2D eigenvalue weighted by atomic mass is 16.2. The molecule has 0 radical (unpaired) electrons. The van der Waals surface area contributed by atoms with Crippen LogP contribution in [0.2, 0.25) is 0 Å². The maximum Gasteiger partial charge on any atom is 0.324 e. The molecule has 1 aromatic rings. The van der Waals surface area contributed by atoms with Crippen molar-refractivity contribution in [2.75, 3.05) is 5.32 Å². The fraction of sp³-hybridized carbons (Fsp3) is 0.385. The summed E-state index contributed by atoms with van der Waals surface area (Å²) in [5.74, 6) is 0.578. The van der Waals surface area contributed by atoms with Crippen molar-refractivity contribution in [3.8, 4) is 0 Å². The molecule has 0 unspecified atom stereocenters. The maximum atomic E-state index is 11.5. The number of allylic oxidation sites excluding steroid dienone is 1. The van der Waals surface area contributed by atoms with Crippen LogP contribution < -0.4 is 10.6 Å². The van der Waals surface area contributed by atoms with Gasteiger partial charge in [0.05, 0.1) is 0 Å². The number of nitrogens with one attached hydrogen (secondary N) is 2. The Morgan fingerprint density at radius 1 is 1.41 bits per heavy atom. The molecule has 0 fully saturated rings. The van der Waals surface area contributed by atoms with Gasteiger partial charge in [-0.3, -0.25) is 5.32 Å². The lowest BCUT2D eigenvalue weighted by Crippen LogP contribution is -2.25. The standard InChI is InChI=1S/C13H19N3O/c1-10-6-5-8-14-11(10)16-12(17)15-9-7-13(2,3)4/h5-9H,1-4H3,(H2,14,15,16,17)/b9-7+. The van der Waals surface area contributed by atoms with E-state index in [2.05, 4.69) is 36.4 Å². The number of hydrogen-bond acceptors (Lipinski definition) is 2. The van der Waals surface area contributed by atoms with Crippen molar-refractivity contribution < 1.29 is 4.79 Å². The Bertz CT molecular complexity index is 419. The minimum atomic E-state index is -0.285. The number of carbonyl (C=O) groups excluding carboxylic acids is 1. The minimum Gasteiger partial charge on any atom is -0.315 e. The second kappa shape index (κ2) is 5.48. The van der Waals surface area contributed by atoms with Crippen molar-refractivity contribution in [1.82, 2.24) is 10.3 Å². The number of pyridine rings is 1. The van der Waals surface area contributed by atoms with Crippen LogP contribution in [0.5, 0.6) is 0 Å². The van der Waals surface area contributed by atoms with Gasteiger partial charge in [0, 0.05) is 12.4 Å². The molecule has 0 aliphatic heterocycles. The molecule has 0 bridgehead atoms. The van der Waals surface area contributed by atoms with E-state index in [4.69, 9.17) is 0 Å². The monoisotopic (exact) mass is 233 g/mol. The van der Waals surface area contributed by atoms with E-state index < -0.39 is 0 Å². The lowest BCUT2D eigenvalue weighted by molar-refractivity contribution is 0.255. The number of anilines is 1. The first-order valence-electron chi connectivity index (χ1n) is 5.55. The first-order valence-corrected chi connectivity index (χ1v) is 5.55. The fourth-order valence-electron chi connectivity index (χ4n) is 1.13. The van der Waals surface area contributed by atoms with E-state index in [1.165, 1.54) is 0 Å². The van der Waals surface area contributed by atoms with Crippen LogP contribution >= 0.6 is 0 Å². The summed E-state index contributed by atoms with van der Waals surface area (Å²) in [5, 5.41) is 5.33. The minimum absolute atomic E-state index is 0.0498. The van der Waals surface area contributed by atoms with E-state index in [-0.39, 0.29) is 11.4 Å². The second-order valence-electron chi connectivity index (χ2n) is 4.97. The van der Waals surface area contributed by atoms with Crippen LogP contribution in [0.4, 0.5) is 10.6 Å². The maximum absolute atomic E-state index is 11.5. The summed E-state index contributed by atoms with van der Waals surface area (Å²) in [5.41, 5.74) is 0.983. The molecule has 1 rings (SSSR count). The van der Waals surface area contributed by atoms with Gasteiger partial charge in [-0.15, -0.1) is 0 Å². The SMILES string of the molecule is Cc1cccnc1NC(=O)N/C=C/C(C)(C)C. The van der Waals surface area contributed by atoms with Crippen molar-refractivity contribution in [1.29, 1.82) is 0 Å². The fourth-order valence-corrected chi connectivity index (χ4v) is 1.13. The molecule has 0 spiro atoms. The van der Waals surface area contributed by atoms with Gasteiger partial charge in [-0.2, -0.15) is 0 Å². The molecular formula is C13H19N3O. The lowest BCUT2D eigenvalue weighted by atomic mass is 9.97. The van der Waals surface area contributed by atoms with Crippen LogP contribution in [0.1, 0.15) is 26.3 Å². The molecule has 0 saturated heterocycles. The molecule has 2 N–H and O–H groups in total. The van der Waals surface area contributed by atoms with E-state index in [0.29, 0.717) is 5.82 Å². The van der Waals surface area contributed by atoms with Gasteiger partial charge in [-0.25, -0.2) is 9.78 Å². The van der Waals surface area contributed by atoms with Gasteiger partial charge < -0.3 is 5.32 Å². The number of rotatable bonds is 2. The zero-order valence-electron chi connectivity index (χ0n) is 10.7. The van der Waals surface area contributed by atoms with E-state index in [1.54, 1.807) is 12.4 Å². The summed E-state index contributed by atoms with van der Waals surface area (Å²) in [6.45, 7) is 8.08. The third-order valence-electron chi connectivity index (χ3n) is 2.04. The van der Waals surface area contributed by atoms with Crippen molar-refractivity contribution in [3.05, 3.63) is 36.2 Å². The van der Waals surface area contributed by atoms with Crippen LogP contribution in [0.3, 0.4) is 0 Å². The largest absolute Gasteiger partial charge is 0.324 e. The number of nitrogens with zero attached hydrogens (tertiary/aromatic N) is 1. The summed E-state index contributed by atoms with van der Waals surface area (Å²) < 4.78 is 0. The molecule has 92 valence electrons. The smallest absolute Gasteiger partial charge is 0.315 e. The van der Waals surface area contributed by atoms with E-state index in [9.17, 15) is 4.79 Å². The van der Waals surface area contributed by atoms with Gasteiger partial charge in [0.1, 0.15) is 5.82 Å². The zero-order valence-corrected chi connectivity index (χ0v) is 10.7. The molecule has 0 aromatic carbocycles. The molecule has 4 heteroatoms. The third kappa shape index (κ3) is 5.15. The molecule has 2 amide bonds. The van der Waals surface area contributed by atoms with Gasteiger partial charge in [0.25, 0.3) is 0 Å². The van der Waals surface area contributed by atoms with Gasteiger partial charge in [0.15, 0.2) is 0 Å². The van der Waals surface area contributed by atoms with E-state index in [1.807, 2.05) is 25.1 Å². The van der Waals surface area contributed by atoms with E-state index in [0.717, 1.165) is 5.56 Å². The number of aromatic nitrogens is 1. The topological polar surface area (TPSA) is 54.0 Å². The highest BCUT2D eigenvalue weighted by Gasteiger charge is 2.05. The predicted molar refractivity (Wildman–Crippen MR) is 69.7 cm³/mol. The van der Waals surface area contributed by atoms with Gasteiger partial charge in [-0.05, 0) is 24.0 Å². The summed E-state index contributed by atoms with van der Waals surface area (Å²) in [6.07, 6.45) is 5.22. The Labute approximate surface area is 102 Å². The Kier molecular flexibility index (Phi) is 4.26. The lowest BCUT2D eigenvalue weighted by Gasteiger charge is -2.11. The number of carbonyl (C=O) groups is 1. The van der Waals surface area contributed by atoms with Crippen LogP contribution in [0.25, 0.3) is 0 Å². The van der Waals surface area contributed by atoms with Gasteiger partial charge in [-0.1, -0.05) is 32.9 Å². The Morgan fingerprint density at radius 3 is 2.71 bits per heavy atom. The van der Waals surface area contributed by atoms with Crippen molar-refractivity contribution in [2.45, 2.75) is 27.7 Å². The molecular weight excluding hydrogens is 214 g/mol. The number of aryl methyl sites for hydroxylation is 1. The van der Waals surface area contributed by atoms with E-state index >= 15 is 0 Å². The normalized spacial score (nSPS) is 11.5. The highest BCUT2D eigenvalue weighted by Crippen LogP contribution is 2.13. The number of amides is 2. The Balaban J connectivity index is 2.51. The van der Waals surface area contributed by atoms with Crippen LogP contribution in [-0.4, -0.2) is 11.0 Å². The zero-order chi connectivity index (χ0) is 12.9. The quantitative estimate of drug-likeness (QED) is 0.824. The molecule has 0 saturated carbocycles. The highest BCUT2D eigenvalue weighted by molar-refractivity contribution is 5.89. The summed E-state index contributed by atoms with van der Waals surface area (Å²) >= 11 is 0. The predicted octanol–water partition coefficient (Wildman–Crippen LogP) is 3.07. The molecule has 0 atom stereocenters. The molecule has 4 nitrogen and oxygen atoms in total. The first-order chi connectivity index (χ1) is 7.88. The third-order valence-corrected chi connectivity index (χ3v) is 2.04. The summed E-state index contributed by atoms with van der Waals surface area (Å²) in [7, 11) is 0. The van der Waals surface area contributed by atoms with Crippen molar-refractivity contribution in [3.63, 3.8) is 0 Å². The van der Waals surface area contributed by atoms with Crippen molar-refractivity contribution >= 4 is 11.8 Å². The van der Waals surface area contributed by atoms with Crippen LogP contribution in [0, 0.1) is 12.3 Å². The molecule has 1 heterocycles. The molecule has 0 aliphatic rings. The Hall–Kier alpha value is -1.84. The average Bonchev–Trinajstić information content (AvgIpc) is 2.19. The summed E-state index contributed by atoms with van der Waals surface area (Å²) in [4.78, 5) is 15.6. The first kappa shape index (κ1) is 13.2. The van der Waals surface area contributed by atoms with Gasteiger partial charge in [0.2, 0.25) is 0 Å². The molecule has 0 aliphatic carbocycles. The number of urea groups is 1. The Morgan fingerprint density at radius 2 is 2.12 bits per heavy atom. The second-order valence-corrected chi connectivity index (χ2v) is 4.97. The molecule has 1 aromatic heterocycles. The van der Waals surface area contributed by atoms with Crippen molar-refractivity contribution in [2.24, 2.45) is 5.41 Å². The van der Waals surface area contributed by atoms with Crippen LogP contribution in [0.15, 0.2) is 30.6 Å². The number of hydrogen-bond donors (Lipinski definition) is 2. The van der Waals surface area contributed by atoms with Crippen LogP contribution in [-0.2, 0) is 0 Å². The molecule has 17 heavy (non-hydrogen) atoms. The van der Waals surface area contributed by atoms with Gasteiger partial charge >= 0.3 is 6.03 Å². The average molecular weight is 233 g/mol. The summed E-state index contributed by atoms with van der Waals surface area (Å²) in [6, 6.07) is 3.44.